The monoisotopic (exact) mass is 412 g/mol. The minimum atomic E-state index is -0.324. The molecule has 8 heteroatoms. The van der Waals surface area contributed by atoms with E-state index in [4.69, 9.17) is 5.73 Å². The van der Waals surface area contributed by atoms with Gasteiger partial charge in [-0.15, -0.1) is 0 Å². The molecule has 0 aromatic carbocycles. The van der Waals surface area contributed by atoms with Gasteiger partial charge in [0.25, 0.3) is 0 Å². The third-order valence-corrected chi connectivity index (χ3v) is 6.13. The highest BCUT2D eigenvalue weighted by molar-refractivity contribution is 5.99. The van der Waals surface area contributed by atoms with Crippen LogP contribution in [-0.2, 0) is 11.2 Å². The average molecular weight is 413 g/mol. The molecule has 3 heterocycles. The first-order valence-electron chi connectivity index (χ1n) is 10.7. The second kappa shape index (κ2) is 9.36. The van der Waals surface area contributed by atoms with Crippen molar-refractivity contribution >= 4 is 17.5 Å². The maximum Gasteiger partial charge on any atom is 0.225 e. The normalized spacial score (nSPS) is 15.9. The number of amides is 1. The van der Waals surface area contributed by atoms with Crippen LogP contribution in [0.5, 0.6) is 0 Å². The number of ketones is 1. The number of nitrogens with one attached hydrogen (secondary N) is 1. The molecular weight excluding hydrogens is 380 g/mol. The summed E-state index contributed by atoms with van der Waals surface area (Å²) >= 11 is 0. The summed E-state index contributed by atoms with van der Waals surface area (Å²) in [6.45, 7) is 8.97. The molecule has 0 radical (unpaired) electrons. The Balaban J connectivity index is 1.47. The van der Waals surface area contributed by atoms with E-state index in [0.717, 1.165) is 55.7 Å². The Morgan fingerprint density at radius 1 is 1.23 bits per heavy atom. The fraction of sp³-hybridized carbons (Fsp3) is 0.591. The highest BCUT2D eigenvalue weighted by atomic mass is 16.2. The number of hydrogen-bond acceptors (Lipinski definition) is 6. The van der Waals surface area contributed by atoms with Crippen LogP contribution in [0.4, 0.5) is 5.82 Å². The summed E-state index contributed by atoms with van der Waals surface area (Å²) in [5.74, 6) is 1.55. The lowest BCUT2D eigenvalue weighted by atomic mass is 9.89. The Hall–Kier alpha value is -2.77. The van der Waals surface area contributed by atoms with E-state index in [-0.39, 0.29) is 24.0 Å². The molecule has 2 aromatic rings. The van der Waals surface area contributed by atoms with Crippen LogP contribution in [0, 0.1) is 32.6 Å². The van der Waals surface area contributed by atoms with Gasteiger partial charge in [-0.1, -0.05) is 6.92 Å². The van der Waals surface area contributed by atoms with Crippen molar-refractivity contribution in [2.75, 3.05) is 18.8 Å². The number of Topliss-reactive ketones (excluding diaryl/α,β-unsaturated/α-hetero) is 1. The van der Waals surface area contributed by atoms with E-state index >= 15 is 0 Å². The van der Waals surface area contributed by atoms with Gasteiger partial charge < -0.3 is 10.6 Å². The molecule has 3 rings (SSSR count). The number of aryl methyl sites for hydroxylation is 3. The number of rotatable bonds is 7. The van der Waals surface area contributed by atoms with Gasteiger partial charge in [0.1, 0.15) is 11.6 Å². The van der Waals surface area contributed by atoms with Crippen molar-refractivity contribution in [3.63, 3.8) is 0 Å². The largest absolute Gasteiger partial charge is 0.383 e. The first-order valence-corrected chi connectivity index (χ1v) is 10.7. The quantitative estimate of drug-likeness (QED) is 0.675. The van der Waals surface area contributed by atoms with Gasteiger partial charge in [0.2, 0.25) is 5.91 Å². The molecule has 8 nitrogen and oxygen atoms in total. The van der Waals surface area contributed by atoms with Crippen LogP contribution < -0.4 is 5.73 Å². The Labute approximate surface area is 177 Å². The summed E-state index contributed by atoms with van der Waals surface area (Å²) in [7, 11) is 0. The molecule has 30 heavy (non-hydrogen) atoms. The van der Waals surface area contributed by atoms with E-state index < -0.39 is 0 Å². The molecule has 0 saturated carbocycles. The summed E-state index contributed by atoms with van der Waals surface area (Å²) in [5, 5.41) is 6.66. The van der Waals surface area contributed by atoms with Gasteiger partial charge in [-0.2, -0.15) is 5.10 Å². The fourth-order valence-electron chi connectivity index (χ4n) is 4.28. The van der Waals surface area contributed by atoms with Crippen LogP contribution in [-0.4, -0.2) is 49.8 Å². The summed E-state index contributed by atoms with van der Waals surface area (Å²) < 4.78 is 0. The Kier molecular flexibility index (Phi) is 6.84. The van der Waals surface area contributed by atoms with E-state index in [2.05, 4.69) is 20.2 Å². The minimum Gasteiger partial charge on any atom is -0.383 e. The average Bonchev–Trinajstić information content (AvgIpc) is 3.13. The third kappa shape index (κ3) is 5.04. The summed E-state index contributed by atoms with van der Waals surface area (Å²) in [6, 6.07) is 0. The smallest absolute Gasteiger partial charge is 0.225 e. The van der Waals surface area contributed by atoms with E-state index in [1.165, 1.54) is 6.20 Å². The molecule has 1 fully saturated rings. The van der Waals surface area contributed by atoms with Crippen molar-refractivity contribution in [2.45, 2.75) is 59.8 Å². The number of carbonyl (C=O) groups excluding carboxylic acids is 2. The second-order valence-corrected chi connectivity index (χ2v) is 8.46. The number of likely N-dealkylation sites (tertiary alicyclic amines) is 1. The van der Waals surface area contributed by atoms with Crippen LogP contribution in [0.25, 0.3) is 0 Å². The molecule has 1 aliphatic rings. The van der Waals surface area contributed by atoms with E-state index in [9.17, 15) is 9.59 Å². The Morgan fingerprint density at radius 3 is 2.53 bits per heavy atom. The number of piperidine rings is 1. The molecule has 0 spiro atoms. The predicted molar refractivity (Wildman–Crippen MR) is 115 cm³/mol. The van der Waals surface area contributed by atoms with E-state index in [1.807, 2.05) is 32.6 Å². The maximum atomic E-state index is 12.8. The zero-order chi connectivity index (χ0) is 21.8. The molecular formula is C22H32N6O2. The van der Waals surface area contributed by atoms with Crippen molar-refractivity contribution in [3.8, 4) is 0 Å². The van der Waals surface area contributed by atoms with Crippen LogP contribution in [0.2, 0.25) is 0 Å². The van der Waals surface area contributed by atoms with Gasteiger partial charge in [0.15, 0.2) is 5.78 Å². The maximum absolute atomic E-state index is 12.8. The molecule has 1 amide bonds. The Bertz CT molecular complexity index is 891. The molecule has 0 aliphatic carbocycles. The van der Waals surface area contributed by atoms with Gasteiger partial charge in [0, 0.05) is 42.4 Å². The lowest BCUT2D eigenvalue weighted by Gasteiger charge is -2.33. The molecule has 1 atom stereocenters. The highest BCUT2D eigenvalue weighted by Gasteiger charge is 2.28. The SMILES string of the molecule is Cc1nc(C)c(CCC2CCN(C(=O)[C@H](C)CC(=O)c3cn[nH]c3C)CC2)c(N)n1. The number of anilines is 1. The number of hydrogen-bond donors (Lipinski definition) is 2. The molecule has 162 valence electrons. The van der Waals surface area contributed by atoms with Crippen molar-refractivity contribution in [1.29, 1.82) is 0 Å². The van der Waals surface area contributed by atoms with Crippen molar-refractivity contribution in [1.82, 2.24) is 25.1 Å². The Morgan fingerprint density at radius 2 is 1.93 bits per heavy atom. The first-order chi connectivity index (χ1) is 14.3. The summed E-state index contributed by atoms with van der Waals surface area (Å²) in [4.78, 5) is 35.8. The molecule has 1 saturated heterocycles. The number of nitrogens with two attached hydrogens (primary N) is 1. The number of nitrogens with zero attached hydrogens (tertiary/aromatic N) is 4. The standard InChI is InChI=1S/C22H32N6O2/c1-13(11-20(29)19-12-24-27-15(19)3)22(30)28-9-7-17(8-10-28)5-6-18-14(2)25-16(4)26-21(18)23/h12-13,17H,5-11H2,1-4H3,(H,24,27)(H2,23,25,26)/t13-/m1/s1. The van der Waals surface area contributed by atoms with Crippen LogP contribution in [0.1, 0.15) is 65.7 Å². The van der Waals surface area contributed by atoms with Gasteiger partial charge in [-0.05, 0) is 52.4 Å². The highest BCUT2D eigenvalue weighted by Crippen LogP contribution is 2.26. The number of aromatic nitrogens is 4. The molecule has 0 bridgehead atoms. The second-order valence-electron chi connectivity index (χ2n) is 8.46. The number of H-pyrrole nitrogens is 1. The van der Waals surface area contributed by atoms with Crippen molar-refractivity contribution in [3.05, 3.63) is 34.5 Å². The van der Waals surface area contributed by atoms with Gasteiger partial charge in [-0.3, -0.25) is 14.7 Å². The molecule has 2 aromatic heterocycles. The zero-order valence-electron chi connectivity index (χ0n) is 18.4. The lowest BCUT2D eigenvalue weighted by molar-refractivity contribution is -0.136. The molecule has 1 aliphatic heterocycles. The van der Waals surface area contributed by atoms with Crippen LogP contribution in [0.3, 0.4) is 0 Å². The fourth-order valence-corrected chi connectivity index (χ4v) is 4.28. The minimum absolute atomic E-state index is 0.0368. The van der Waals surface area contributed by atoms with Crippen LogP contribution in [0.15, 0.2) is 6.20 Å². The van der Waals surface area contributed by atoms with Crippen LogP contribution >= 0.6 is 0 Å². The topological polar surface area (TPSA) is 118 Å². The summed E-state index contributed by atoms with van der Waals surface area (Å²) in [5.41, 5.74) is 9.40. The van der Waals surface area contributed by atoms with E-state index in [0.29, 0.717) is 23.1 Å². The first kappa shape index (κ1) is 21.9. The van der Waals surface area contributed by atoms with Gasteiger partial charge in [-0.25, -0.2) is 9.97 Å². The van der Waals surface area contributed by atoms with Crippen molar-refractivity contribution in [2.24, 2.45) is 11.8 Å². The number of nitrogen functional groups attached to an aromatic ring is 1. The van der Waals surface area contributed by atoms with Gasteiger partial charge in [0.05, 0.1) is 11.8 Å². The van der Waals surface area contributed by atoms with Gasteiger partial charge >= 0.3 is 0 Å². The molecule has 3 N–H and O–H groups in total. The van der Waals surface area contributed by atoms with E-state index in [1.54, 1.807) is 0 Å². The third-order valence-electron chi connectivity index (χ3n) is 6.13. The number of aromatic amines is 1. The van der Waals surface area contributed by atoms with Crippen molar-refractivity contribution < 1.29 is 9.59 Å². The lowest BCUT2D eigenvalue weighted by Crippen LogP contribution is -2.41. The molecule has 0 unspecified atom stereocenters. The number of carbonyl (C=O) groups is 2. The zero-order valence-corrected chi connectivity index (χ0v) is 18.4. The predicted octanol–water partition coefficient (Wildman–Crippen LogP) is 2.79. The summed E-state index contributed by atoms with van der Waals surface area (Å²) in [6.07, 6.45) is 5.58.